The van der Waals surface area contributed by atoms with E-state index in [0.29, 0.717) is 17.9 Å². The van der Waals surface area contributed by atoms with Gasteiger partial charge in [0.2, 0.25) is 0 Å². The molecule has 1 unspecified atom stereocenters. The number of carbonyl (C=O) groups excluding carboxylic acids is 1. The summed E-state index contributed by atoms with van der Waals surface area (Å²) in [6, 6.07) is 1.96. The van der Waals surface area contributed by atoms with Crippen molar-refractivity contribution >= 4 is 27.7 Å². The number of pyridine rings is 1. The fraction of sp³-hybridized carbons (Fsp3) is 0.571. The van der Waals surface area contributed by atoms with Crippen molar-refractivity contribution in [2.75, 3.05) is 39.5 Å². The highest BCUT2D eigenvalue weighted by atomic mass is 79.9. The van der Waals surface area contributed by atoms with Gasteiger partial charge >= 0.3 is 0 Å². The van der Waals surface area contributed by atoms with Gasteiger partial charge in [-0.1, -0.05) is 0 Å². The van der Waals surface area contributed by atoms with E-state index in [0.717, 1.165) is 11.0 Å². The van der Waals surface area contributed by atoms with Crippen LogP contribution in [0.4, 0.5) is 5.82 Å². The van der Waals surface area contributed by atoms with Crippen molar-refractivity contribution < 1.29 is 4.79 Å². The van der Waals surface area contributed by atoms with E-state index in [1.54, 1.807) is 13.2 Å². The zero-order chi connectivity index (χ0) is 15.3. The number of likely N-dealkylation sites (N-methyl/N-ethyl adjacent to an activating group) is 2. The molecule has 1 aromatic rings. The third-order valence-corrected chi connectivity index (χ3v) is 3.52. The first-order valence-electron chi connectivity index (χ1n) is 6.69. The number of hydrogen-bond acceptors (Lipinski definition) is 4. The second-order valence-electron chi connectivity index (χ2n) is 5.00. The highest BCUT2D eigenvalue weighted by Gasteiger charge is 2.23. The molecule has 5 nitrogen and oxygen atoms in total. The molecule has 0 saturated carbocycles. The van der Waals surface area contributed by atoms with Crippen LogP contribution < -0.4 is 5.32 Å². The Hall–Kier alpha value is -1.14. The summed E-state index contributed by atoms with van der Waals surface area (Å²) >= 11 is 3.37. The monoisotopic (exact) mass is 342 g/mol. The molecule has 6 heteroatoms. The first kappa shape index (κ1) is 16.9. The smallest absolute Gasteiger partial charge is 0.257 e. The summed E-state index contributed by atoms with van der Waals surface area (Å²) < 4.78 is 0.802. The molecule has 0 fully saturated rings. The molecule has 1 aromatic heterocycles. The van der Waals surface area contributed by atoms with Crippen LogP contribution in [0.5, 0.6) is 0 Å². The van der Waals surface area contributed by atoms with Gasteiger partial charge in [0.15, 0.2) is 0 Å². The largest absolute Gasteiger partial charge is 0.372 e. The Labute approximate surface area is 129 Å². The molecule has 1 amide bonds. The summed E-state index contributed by atoms with van der Waals surface area (Å²) in [5, 5.41) is 2.97. The average molecular weight is 343 g/mol. The summed E-state index contributed by atoms with van der Waals surface area (Å²) in [5.74, 6) is 0.605. The minimum absolute atomic E-state index is 0.000000000000000222. The zero-order valence-electron chi connectivity index (χ0n) is 12.8. The molecule has 0 spiro atoms. The van der Waals surface area contributed by atoms with Crippen molar-refractivity contribution in [2.24, 2.45) is 0 Å². The van der Waals surface area contributed by atoms with Gasteiger partial charge in [0.1, 0.15) is 5.82 Å². The van der Waals surface area contributed by atoms with Gasteiger partial charge in [-0.15, -0.1) is 0 Å². The molecule has 0 radical (unpaired) electrons. The number of halogens is 1. The second-order valence-corrected chi connectivity index (χ2v) is 5.92. The van der Waals surface area contributed by atoms with E-state index in [1.807, 2.05) is 32.0 Å². The Bertz CT molecular complexity index is 464. The summed E-state index contributed by atoms with van der Waals surface area (Å²) in [6.07, 6.45) is 1.68. The molecule has 1 atom stereocenters. The van der Waals surface area contributed by atoms with Gasteiger partial charge in [-0.25, -0.2) is 4.98 Å². The third kappa shape index (κ3) is 4.18. The molecule has 20 heavy (non-hydrogen) atoms. The molecule has 1 heterocycles. The van der Waals surface area contributed by atoms with Crippen LogP contribution in [0, 0.1) is 0 Å². The summed E-state index contributed by atoms with van der Waals surface area (Å²) in [5.41, 5.74) is 0.592. The van der Waals surface area contributed by atoms with Crippen LogP contribution in [-0.4, -0.2) is 61.0 Å². The van der Waals surface area contributed by atoms with E-state index in [4.69, 9.17) is 0 Å². The van der Waals surface area contributed by atoms with Crippen LogP contribution in [0.1, 0.15) is 24.2 Å². The van der Waals surface area contributed by atoms with E-state index in [2.05, 4.69) is 38.1 Å². The van der Waals surface area contributed by atoms with Crippen molar-refractivity contribution in [3.8, 4) is 0 Å². The van der Waals surface area contributed by atoms with Crippen LogP contribution in [0.15, 0.2) is 16.7 Å². The lowest BCUT2D eigenvalue weighted by Gasteiger charge is -2.30. The SMILES string of the molecule is CCN(C(=O)c1cc(Br)cnc1NC)C(C)CN(C)C. The first-order valence-corrected chi connectivity index (χ1v) is 7.49. The topological polar surface area (TPSA) is 48.5 Å². The Morgan fingerprint density at radius 1 is 1.50 bits per heavy atom. The molecule has 0 saturated heterocycles. The summed E-state index contributed by atoms with van der Waals surface area (Å²) in [4.78, 5) is 20.9. The minimum Gasteiger partial charge on any atom is -0.372 e. The number of carbonyl (C=O) groups is 1. The lowest BCUT2D eigenvalue weighted by molar-refractivity contribution is 0.0679. The van der Waals surface area contributed by atoms with Crippen molar-refractivity contribution in [2.45, 2.75) is 19.9 Å². The van der Waals surface area contributed by atoms with Crippen molar-refractivity contribution in [1.29, 1.82) is 0 Å². The summed E-state index contributed by atoms with van der Waals surface area (Å²) in [7, 11) is 5.79. The number of hydrogen-bond donors (Lipinski definition) is 1. The van der Waals surface area contributed by atoms with E-state index < -0.39 is 0 Å². The van der Waals surface area contributed by atoms with Crippen LogP contribution >= 0.6 is 15.9 Å². The van der Waals surface area contributed by atoms with Gasteiger partial charge in [0.05, 0.1) is 5.56 Å². The molecule has 1 N–H and O–H groups in total. The van der Waals surface area contributed by atoms with Gasteiger partial charge in [-0.05, 0) is 49.9 Å². The molecular formula is C14H23BrN4O. The van der Waals surface area contributed by atoms with Gasteiger partial charge in [0, 0.05) is 36.8 Å². The predicted molar refractivity (Wildman–Crippen MR) is 86.2 cm³/mol. The molecule has 1 rings (SSSR count). The molecule has 112 valence electrons. The highest BCUT2D eigenvalue weighted by molar-refractivity contribution is 9.10. The van der Waals surface area contributed by atoms with Gasteiger partial charge < -0.3 is 15.1 Å². The molecule has 0 bridgehead atoms. The maximum atomic E-state index is 12.7. The lowest BCUT2D eigenvalue weighted by atomic mass is 10.1. The standard InChI is InChI=1S/C14H23BrN4O/c1-6-19(10(2)9-18(4)5)14(20)12-7-11(15)8-17-13(12)16-3/h7-8,10H,6,9H2,1-5H3,(H,16,17). The Morgan fingerprint density at radius 2 is 2.15 bits per heavy atom. The van der Waals surface area contributed by atoms with E-state index >= 15 is 0 Å². The van der Waals surface area contributed by atoms with E-state index in [1.165, 1.54) is 0 Å². The number of anilines is 1. The lowest BCUT2D eigenvalue weighted by Crippen LogP contribution is -2.44. The molecular weight excluding hydrogens is 320 g/mol. The van der Waals surface area contributed by atoms with Gasteiger partial charge in [-0.3, -0.25) is 4.79 Å². The van der Waals surface area contributed by atoms with Gasteiger partial charge in [-0.2, -0.15) is 0 Å². The van der Waals surface area contributed by atoms with Gasteiger partial charge in [0.25, 0.3) is 5.91 Å². The van der Waals surface area contributed by atoms with E-state index in [9.17, 15) is 4.79 Å². The van der Waals surface area contributed by atoms with Crippen molar-refractivity contribution in [1.82, 2.24) is 14.8 Å². The summed E-state index contributed by atoms with van der Waals surface area (Å²) in [6.45, 7) is 5.56. The number of rotatable bonds is 6. The Kier molecular flexibility index (Phi) is 6.42. The normalized spacial score (nSPS) is 12.3. The van der Waals surface area contributed by atoms with Crippen LogP contribution in [0.3, 0.4) is 0 Å². The second kappa shape index (κ2) is 7.59. The maximum Gasteiger partial charge on any atom is 0.257 e. The van der Waals surface area contributed by atoms with Crippen molar-refractivity contribution in [3.63, 3.8) is 0 Å². The predicted octanol–water partition coefficient (Wildman–Crippen LogP) is 2.30. The molecule has 0 aliphatic heterocycles. The fourth-order valence-electron chi connectivity index (χ4n) is 2.24. The van der Waals surface area contributed by atoms with Crippen LogP contribution in [0.2, 0.25) is 0 Å². The number of amides is 1. The Morgan fingerprint density at radius 3 is 2.65 bits per heavy atom. The van der Waals surface area contributed by atoms with Crippen LogP contribution in [0.25, 0.3) is 0 Å². The Balaban J connectivity index is 3.04. The molecule has 0 aliphatic rings. The zero-order valence-corrected chi connectivity index (χ0v) is 14.4. The van der Waals surface area contributed by atoms with Crippen molar-refractivity contribution in [3.05, 3.63) is 22.3 Å². The minimum atomic E-state index is 0.000000000000000222. The average Bonchev–Trinajstić information content (AvgIpc) is 2.38. The number of nitrogens with one attached hydrogen (secondary N) is 1. The number of nitrogens with zero attached hydrogens (tertiary/aromatic N) is 3. The first-order chi connectivity index (χ1) is 9.40. The molecule has 0 aliphatic carbocycles. The van der Waals surface area contributed by atoms with E-state index in [-0.39, 0.29) is 11.9 Å². The van der Waals surface area contributed by atoms with Crippen LogP contribution in [-0.2, 0) is 0 Å². The highest BCUT2D eigenvalue weighted by Crippen LogP contribution is 2.20. The molecule has 0 aromatic carbocycles. The maximum absolute atomic E-state index is 12.7. The fourth-order valence-corrected chi connectivity index (χ4v) is 2.57. The third-order valence-electron chi connectivity index (χ3n) is 3.08. The quantitative estimate of drug-likeness (QED) is 0.861. The number of aromatic nitrogens is 1.